The molecule has 0 heterocycles. The standard InChI is InChI=1S/C13H16ClNO6S/c1-3-7(2)11(13(18)19)15-22(20,21)8-4-5-10(14)9(6-8)12(16)17/h4-7,11,15H,3H2,1-2H3,(H,16,17)(H,18,19)/p-2/t7-,11+/m1/s1. The van der Waals surface area contributed by atoms with Gasteiger partial charge in [-0.25, -0.2) is 13.1 Å². The molecule has 122 valence electrons. The maximum atomic E-state index is 12.2. The quantitative estimate of drug-likeness (QED) is 0.684. The van der Waals surface area contributed by atoms with Crippen molar-refractivity contribution in [1.29, 1.82) is 0 Å². The normalized spacial score (nSPS) is 14.3. The van der Waals surface area contributed by atoms with E-state index in [-0.39, 0.29) is 5.02 Å². The average Bonchev–Trinajstić information content (AvgIpc) is 2.43. The first kappa shape index (κ1) is 18.4. The molecule has 1 N–H and O–H groups in total. The lowest BCUT2D eigenvalue weighted by Gasteiger charge is -2.25. The lowest BCUT2D eigenvalue weighted by Crippen LogP contribution is -2.51. The van der Waals surface area contributed by atoms with E-state index < -0.39 is 44.4 Å². The molecule has 1 aromatic rings. The molecule has 0 radical (unpaired) electrons. The van der Waals surface area contributed by atoms with Crippen LogP contribution in [0.15, 0.2) is 23.1 Å². The molecule has 2 atom stereocenters. The number of carbonyl (C=O) groups is 2. The highest BCUT2D eigenvalue weighted by Crippen LogP contribution is 2.21. The first-order valence-electron chi connectivity index (χ1n) is 6.34. The predicted molar refractivity (Wildman–Crippen MR) is 74.4 cm³/mol. The van der Waals surface area contributed by atoms with E-state index in [2.05, 4.69) is 0 Å². The number of hydrogen-bond acceptors (Lipinski definition) is 6. The van der Waals surface area contributed by atoms with Crippen molar-refractivity contribution in [2.45, 2.75) is 31.2 Å². The molecule has 1 aromatic carbocycles. The molecular formula is C13H14ClNO6S-2. The molecule has 0 bridgehead atoms. The van der Waals surface area contributed by atoms with E-state index in [1.54, 1.807) is 13.8 Å². The minimum Gasteiger partial charge on any atom is -0.548 e. The molecule has 0 aliphatic heterocycles. The number of rotatable bonds is 7. The lowest BCUT2D eigenvalue weighted by molar-refractivity contribution is -0.309. The number of sulfonamides is 1. The van der Waals surface area contributed by atoms with Gasteiger partial charge in [0.25, 0.3) is 0 Å². The fraction of sp³-hybridized carbons (Fsp3) is 0.385. The number of hydrogen-bond donors (Lipinski definition) is 1. The molecule has 0 spiro atoms. The van der Waals surface area contributed by atoms with Crippen LogP contribution >= 0.6 is 11.6 Å². The first-order chi connectivity index (χ1) is 10.1. The number of halogens is 1. The van der Waals surface area contributed by atoms with Crippen molar-refractivity contribution in [2.24, 2.45) is 5.92 Å². The van der Waals surface area contributed by atoms with E-state index >= 15 is 0 Å². The molecule has 22 heavy (non-hydrogen) atoms. The largest absolute Gasteiger partial charge is 0.548 e. The number of carbonyl (C=O) groups excluding carboxylic acids is 2. The van der Waals surface area contributed by atoms with Gasteiger partial charge < -0.3 is 19.8 Å². The van der Waals surface area contributed by atoms with Gasteiger partial charge in [0.05, 0.1) is 22.9 Å². The van der Waals surface area contributed by atoms with Crippen LogP contribution in [-0.4, -0.2) is 26.4 Å². The molecule has 0 aliphatic carbocycles. The van der Waals surface area contributed by atoms with Crippen LogP contribution in [0, 0.1) is 5.92 Å². The third kappa shape index (κ3) is 4.19. The molecule has 0 saturated carbocycles. The van der Waals surface area contributed by atoms with E-state index in [1.807, 2.05) is 4.72 Å². The summed E-state index contributed by atoms with van der Waals surface area (Å²) in [6.45, 7) is 3.25. The SMILES string of the molecule is CC[C@@H](C)[C@H](NS(=O)(=O)c1ccc(Cl)c(C(=O)[O-])c1)C(=O)[O-]. The van der Waals surface area contributed by atoms with Crippen LogP contribution in [0.25, 0.3) is 0 Å². The van der Waals surface area contributed by atoms with E-state index in [0.29, 0.717) is 6.42 Å². The molecule has 0 aromatic heterocycles. The molecular weight excluding hydrogens is 334 g/mol. The molecule has 0 amide bonds. The number of carboxylic acid groups (broad SMARTS) is 2. The van der Waals surface area contributed by atoms with Gasteiger partial charge in [-0.05, 0) is 24.1 Å². The molecule has 0 unspecified atom stereocenters. The van der Waals surface area contributed by atoms with E-state index in [9.17, 15) is 28.2 Å². The zero-order valence-electron chi connectivity index (χ0n) is 11.8. The summed E-state index contributed by atoms with van der Waals surface area (Å²) in [6.07, 6.45) is 0.409. The summed E-state index contributed by atoms with van der Waals surface area (Å²) >= 11 is 5.63. The van der Waals surface area contributed by atoms with E-state index in [1.165, 1.54) is 0 Å². The van der Waals surface area contributed by atoms with Crippen LogP contribution < -0.4 is 14.9 Å². The second-order valence-corrected chi connectivity index (χ2v) is 6.85. The van der Waals surface area contributed by atoms with Crippen LogP contribution in [0.2, 0.25) is 5.02 Å². The van der Waals surface area contributed by atoms with Crippen molar-refractivity contribution in [3.05, 3.63) is 28.8 Å². The summed E-state index contributed by atoms with van der Waals surface area (Å²) in [5.74, 6) is -3.71. The molecule has 9 heteroatoms. The fourth-order valence-corrected chi connectivity index (χ4v) is 3.21. The molecule has 1 rings (SSSR count). The van der Waals surface area contributed by atoms with Gasteiger partial charge in [-0.1, -0.05) is 31.9 Å². The minimum atomic E-state index is -4.25. The first-order valence-corrected chi connectivity index (χ1v) is 8.20. The van der Waals surface area contributed by atoms with Gasteiger partial charge >= 0.3 is 0 Å². The number of benzene rings is 1. The molecule has 0 fully saturated rings. The van der Waals surface area contributed by atoms with Gasteiger partial charge in [0, 0.05) is 10.6 Å². The number of aromatic carboxylic acids is 1. The van der Waals surface area contributed by atoms with Gasteiger partial charge in [-0.3, -0.25) is 0 Å². The highest BCUT2D eigenvalue weighted by atomic mass is 35.5. The molecule has 7 nitrogen and oxygen atoms in total. The van der Waals surface area contributed by atoms with Crippen molar-refractivity contribution < 1.29 is 28.2 Å². The van der Waals surface area contributed by atoms with Crippen LogP contribution in [0.4, 0.5) is 0 Å². The van der Waals surface area contributed by atoms with Crippen LogP contribution in [-0.2, 0) is 14.8 Å². The Kier molecular flexibility index (Phi) is 5.92. The Balaban J connectivity index is 3.21. The molecule has 0 saturated heterocycles. The summed E-state index contributed by atoms with van der Waals surface area (Å²) < 4.78 is 26.4. The van der Waals surface area contributed by atoms with Gasteiger partial charge in [-0.2, -0.15) is 0 Å². The summed E-state index contributed by atoms with van der Waals surface area (Å²) in [6, 6.07) is 1.53. The monoisotopic (exact) mass is 347 g/mol. The fourth-order valence-electron chi connectivity index (χ4n) is 1.70. The Labute approximate surface area is 133 Å². The highest BCUT2D eigenvalue weighted by molar-refractivity contribution is 7.89. The number of nitrogens with one attached hydrogen (secondary N) is 1. The summed E-state index contributed by atoms with van der Waals surface area (Å²) in [5.41, 5.74) is -0.502. The van der Waals surface area contributed by atoms with Gasteiger partial charge in [-0.15, -0.1) is 0 Å². The van der Waals surface area contributed by atoms with Gasteiger partial charge in [0.15, 0.2) is 0 Å². The smallest absolute Gasteiger partial charge is 0.241 e. The summed E-state index contributed by atoms with van der Waals surface area (Å²) in [4.78, 5) is 21.5. The predicted octanol–water partition coefficient (Wildman–Crippen LogP) is -0.854. The Morgan fingerprint density at radius 2 is 1.91 bits per heavy atom. The van der Waals surface area contributed by atoms with Crippen molar-refractivity contribution >= 4 is 33.6 Å². The maximum Gasteiger partial charge on any atom is 0.241 e. The lowest BCUT2D eigenvalue weighted by atomic mass is 10.0. The van der Waals surface area contributed by atoms with Crippen LogP contribution in [0.3, 0.4) is 0 Å². The third-order valence-corrected chi connectivity index (χ3v) is 4.99. The Hall–Kier alpha value is -1.64. The van der Waals surface area contributed by atoms with Crippen LogP contribution in [0.5, 0.6) is 0 Å². The zero-order valence-corrected chi connectivity index (χ0v) is 13.4. The maximum absolute atomic E-state index is 12.2. The van der Waals surface area contributed by atoms with Crippen molar-refractivity contribution in [2.75, 3.05) is 0 Å². The molecule has 0 aliphatic rings. The Bertz CT molecular complexity index is 688. The topological polar surface area (TPSA) is 126 Å². The average molecular weight is 348 g/mol. The van der Waals surface area contributed by atoms with Crippen LogP contribution in [0.1, 0.15) is 30.6 Å². The third-order valence-electron chi connectivity index (χ3n) is 3.22. The van der Waals surface area contributed by atoms with Crippen molar-refractivity contribution in [3.63, 3.8) is 0 Å². The van der Waals surface area contributed by atoms with E-state index in [4.69, 9.17) is 11.6 Å². The van der Waals surface area contributed by atoms with Gasteiger partial charge in [0.1, 0.15) is 0 Å². The van der Waals surface area contributed by atoms with Crippen molar-refractivity contribution in [3.8, 4) is 0 Å². The second-order valence-electron chi connectivity index (χ2n) is 4.73. The highest BCUT2D eigenvalue weighted by Gasteiger charge is 2.25. The number of aliphatic carboxylic acids is 1. The Morgan fingerprint density at radius 1 is 1.32 bits per heavy atom. The number of carboxylic acids is 2. The van der Waals surface area contributed by atoms with Crippen molar-refractivity contribution in [1.82, 2.24) is 4.72 Å². The summed E-state index contributed by atoms with van der Waals surface area (Å²) in [5, 5.41) is 21.8. The summed E-state index contributed by atoms with van der Waals surface area (Å²) in [7, 11) is -4.25. The Morgan fingerprint density at radius 3 is 2.36 bits per heavy atom. The second kappa shape index (κ2) is 7.08. The van der Waals surface area contributed by atoms with Gasteiger partial charge in [0.2, 0.25) is 10.0 Å². The minimum absolute atomic E-state index is 0.183. The van der Waals surface area contributed by atoms with E-state index in [0.717, 1.165) is 18.2 Å². The zero-order chi connectivity index (χ0) is 17.1.